The van der Waals surface area contributed by atoms with E-state index < -0.39 is 34.3 Å². The summed E-state index contributed by atoms with van der Waals surface area (Å²) in [4.78, 5) is 26.5. The molecule has 1 aromatic heterocycles. The third-order valence-corrected chi connectivity index (χ3v) is 8.82. The zero-order valence-electron chi connectivity index (χ0n) is 19.3. The Morgan fingerprint density at radius 1 is 1.06 bits per heavy atom. The molecule has 0 saturated carbocycles. The first-order chi connectivity index (χ1) is 16.7. The van der Waals surface area contributed by atoms with Crippen molar-refractivity contribution in [3.05, 3.63) is 75.9 Å². The number of sulfonamides is 1. The van der Waals surface area contributed by atoms with Crippen LogP contribution in [0.2, 0.25) is 0 Å². The molecule has 0 radical (unpaired) electrons. The average molecular weight is 517 g/mol. The van der Waals surface area contributed by atoms with Crippen LogP contribution in [0.1, 0.15) is 39.2 Å². The number of fused-ring (bicyclic) bond motifs is 1. The van der Waals surface area contributed by atoms with Crippen LogP contribution >= 0.6 is 11.3 Å². The first-order valence-electron chi connectivity index (χ1n) is 11.1. The standard InChI is InChI=1S/C25H25FN2O5S2/c1-16-7-11-18(12-8-16)28(35(31,32)19-13-9-17(26)10-14-19)15-22(29)27-24-23(25(30)33-2)20-5-3-4-6-21(20)34-24/h7-14H,3-6,15H2,1-2H3,(H,27,29). The van der Waals surface area contributed by atoms with E-state index in [1.807, 2.05) is 6.92 Å². The maximum absolute atomic E-state index is 13.4. The van der Waals surface area contributed by atoms with Crippen LogP contribution in [0.5, 0.6) is 0 Å². The van der Waals surface area contributed by atoms with Gasteiger partial charge in [-0.1, -0.05) is 17.7 Å². The van der Waals surface area contributed by atoms with Gasteiger partial charge >= 0.3 is 5.97 Å². The molecular formula is C25H25FN2O5S2. The SMILES string of the molecule is COC(=O)c1c(NC(=O)CN(c2ccc(C)cc2)S(=O)(=O)c2ccc(F)cc2)sc2c1CCCC2. The molecule has 0 aliphatic heterocycles. The second-order valence-electron chi connectivity index (χ2n) is 8.26. The van der Waals surface area contributed by atoms with Crippen LogP contribution in [0.15, 0.2) is 53.4 Å². The summed E-state index contributed by atoms with van der Waals surface area (Å²) < 4.78 is 46.2. The zero-order valence-corrected chi connectivity index (χ0v) is 21.0. The maximum Gasteiger partial charge on any atom is 0.341 e. The number of anilines is 2. The summed E-state index contributed by atoms with van der Waals surface area (Å²) >= 11 is 1.32. The molecular weight excluding hydrogens is 491 g/mol. The Hall–Kier alpha value is -3.24. The van der Waals surface area contributed by atoms with Crippen molar-refractivity contribution in [3.63, 3.8) is 0 Å². The number of thiophene rings is 1. The van der Waals surface area contributed by atoms with E-state index in [9.17, 15) is 22.4 Å². The number of hydrogen-bond acceptors (Lipinski definition) is 6. The molecule has 0 saturated heterocycles. The van der Waals surface area contributed by atoms with Gasteiger partial charge in [0.15, 0.2) is 0 Å². The Bertz CT molecular complexity index is 1350. The van der Waals surface area contributed by atoms with Crippen molar-refractivity contribution in [2.75, 3.05) is 23.3 Å². The smallest absolute Gasteiger partial charge is 0.341 e. The van der Waals surface area contributed by atoms with Gasteiger partial charge < -0.3 is 10.1 Å². The highest BCUT2D eigenvalue weighted by Crippen LogP contribution is 2.38. The van der Waals surface area contributed by atoms with Gasteiger partial charge in [0.2, 0.25) is 5.91 Å². The number of halogens is 1. The van der Waals surface area contributed by atoms with E-state index in [1.165, 1.54) is 18.4 Å². The highest BCUT2D eigenvalue weighted by molar-refractivity contribution is 7.92. The summed E-state index contributed by atoms with van der Waals surface area (Å²) in [5.41, 5.74) is 2.43. The Balaban J connectivity index is 1.67. The lowest BCUT2D eigenvalue weighted by molar-refractivity contribution is -0.114. The molecule has 0 atom stereocenters. The first-order valence-corrected chi connectivity index (χ1v) is 13.3. The van der Waals surface area contributed by atoms with E-state index in [0.29, 0.717) is 10.6 Å². The second-order valence-corrected chi connectivity index (χ2v) is 11.2. The van der Waals surface area contributed by atoms with Gasteiger partial charge in [0.1, 0.15) is 17.4 Å². The van der Waals surface area contributed by atoms with E-state index in [2.05, 4.69) is 5.32 Å². The summed E-state index contributed by atoms with van der Waals surface area (Å²) in [5, 5.41) is 3.10. The van der Waals surface area contributed by atoms with Gasteiger partial charge in [-0.15, -0.1) is 11.3 Å². The largest absolute Gasteiger partial charge is 0.465 e. The quantitative estimate of drug-likeness (QED) is 0.460. The molecule has 1 aliphatic rings. The normalized spacial score (nSPS) is 13.1. The van der Waals surface area contributed by atoms with E-state index in [0.717, 1.165) is 70.3 Å². The van der Waals surface area contributed by atoms with Crippen molar-refractivity contribution in [1.82, 2.24) is 0 Å². The molecule has 1 aliphatic carbocycles. The van der Waals surface area contributed by atoms with Crippen molar-refractivity contribution >= 4 is 43.9 Å². The molecule has 35 heavy (non-hydrogen) atoms. The molecule has 184 valence electrons. The van der Waals surface area contributed by atoms with Gasteiger partial charge in [0, 0.05) is 4.88 Å². The molecule has 4 rings (SSSR count). The molecule has 1 amide bonds. The highest BCUT2D eigenvalue weighted by atomic mass is 32.2. The van der Waals surface area contributed by atoms with Crippen molar-refractivity contribution in [1.29, 1.82) is 0 Å². The molecule has 7 nitrogen and oxygen atoms in total. The minimum Gasteiger partial charge on any atom is -0.465 e. The third-order valence-electron chi connectivity index (χ3n) is 5.82. The van der Waals surface area contributed by atoms with Crippen molar-refractivity contribution in [3.8, 4) is 0 Å². The number of ether oxygens (including phenoxy) is 1. The zero-order chi connectivity index (χ0) is 25.2. The number of hydrogen-bond donors (Lipinski definition) is 1. The van der Waals surface area contributed by atoms with Crippen LogP contribution in [0.4, 0.5) is 15.1 Å². The summed E-state index contributed by atoms with van der Waals surface area (Å²) in [6.45, 7) is 1.33. The molecule has 0 bridgehead atoms. The number of methoxy groups -OCH3 is 1. The Kier molecular flexibility index (Phi) is 7.23. The van der Waals surface area contributed by atoms with E-state index >= 15 is 0 Å². The fraction of sp³-hybridized carbons (Fsp3) is 0.280. The van der Waals surface area contributed by atoms with E-state index in [-0.39, 0.29) is 10.6 Å². The minimum absolute atomic E-state index is 0.144. The number of carbonyl (C=O) groups excluding carboxylic acids is 2. The van der Waals surface area contributed by atoms with Gasteiger partial charge in [-0.05, 0) is 74.6 Å². The predicted octanol–water partition coefficient (Wildman–Crippen LogP) is 4.70. The van der Waals surface area contributed by atoms with E-state index in [1.54, 1.807) is 24.3 Å². The summed E-state index contributed by atoms with van der Waals surface area (Å²) in [6.07, 6.45) is 3.48. The minimum atomic E-state index is -4.19. The number of nitrogens with zero attached hydrogens (tertiary/aromatic N) is 1. The number of amides is 1. The lowest BCUT2D eigenvalue weighted by Crippen LogP contribution is -2.38. The summed E-state index contributed by atoms with van der Waals surface area (Å²) in [5.74, 6) is -1.71. The molecule has 1 N–H and O–H groups in total. The van der Waals surface area contributed by atoms with Gasteiger partial charge in [0.05, 0.1) is 23.3 Å². The summed E-state index contributed by atoms with van der Waals surface area (Å²) in [6, 6.07) is 11.1. The number of esters is 1. The monoisotopic (exact) mass is 516 g/mol. The average Bonchev–Trinajstić information content (AvgIpc) is 3.20. The van der Waals surface area contributed by atoms with Crippen LogP contribution in [-0.4, -0.2) is 33.9 Å². The summed E-state index contributed by atoms with van der Waals surface area (Å²) in [7, 11) is -2.90. The molecule has 0 unspecified atom stereocenters. The third kappa shape index (κ3) is 5.23. The fourth-order valence-corrected chi connectivity index (χ4v) is 6.74. The molecule has 3 aromatic rings. The van der Waals surface area contributed by atoms with Crippen LogP contribution in [0.25, 0.3) is 0 Å². The fourth-order valence-electron chi connectivity index (χ4n) is 4.03. The van der Waals surface area contributed by atoms with Gasteiger partial charge in [0.25, 0.3) is 10.0 Å². The Morgan fingerprint density at radius 3 is 2.37 bits per heavy atom. The van der Waals surface area contributed by atoms with Crippen LogP contribution in [-0.2, 0) is 32.4 Å². The topological polar surface area (TPSA) is 92.8 Å². The Labute approximate surface area is 207 Å². The molecule has 0 fully saturated rings. The van der Waals surface area contributed by atoms with Gasteiger partial charge in [-0.3, -0.25) is 9.10 Å². The predicted molar refractivity (Wildman–Crippen MR) is 133 cm³/mol. The van der Waals surface area contributed by atoms with Crippen molar-refractivity contribution in [2.24, 2.45) is 0 Å². The number of nitrogens with one attached hydrogen (secondary N) is 1. The molecule has 10 heteroatoms. The lowest BCUT2D eigenvalue weighted by Gasteiger charge is -2.24. The number of aryl methyl sites for hydroxylation is 2. The maximum atomic E-state index is 13.4. The van der Waals surface area contributed by atoms with Gasteiger partial charge in [-0.2, -0.15) is 0 Å². The second kappa shape index (κ2) is 10.2. The van der Waals surface area contributed by atoms with Crippen LogP contribution in [0, 0.1) is 12.7 Å². The number of rotatable bonds is 7. The number of carbonyl (C=O) groups is 2. The van der Waals surface area contributed by atoms with Gasteiger partial charge in [-0.25, -0.2) is 17.6 Å². The molecule has 0 spiro atoms. The van der Waals surface area contributed by atoms with Crippen molar-refractivity contribution < 1.29 is 27.1 Å². The van der Waals surface area contributed by atoms with Crippen LogP contribution in [0.3, 0.4) is 0 Å². The van der Waals surface area contributed by atoms with Crippen LogP contribution < -0.4 is 9.62 Å². The van der Waals surface area contributed by atoms with Crippen molar-refractivity contribution in [2.45, 2.75) is 37.5 Å². The lowest BCUT2D eigenvalue weighted by atomic mass is 9.95. The highest BCUT2D eigenvalue weighted by Gasteiger charge is 2.30. The first kappa shape index (κ1) is 24.9. The number of benzene rings is 2. The van der Waals surface area contributed by atoms with E-state index in [4.69, 9.17) is 4.74 Å². The Morgan fingerprint density at radius 2 is 1.71 bits per heavy atom. The molecule has 1 heterocycles. The molecule has 2 aromatic carbocycles.